The van der Waals surface area contributed by atoms with E-state index in [9.17, 15) is 0 Å². The molecule has 0 aromatic heterocycles. The molecule has 0 saturated carbocycles. The van der Waals surface area contributed by atoms with Crippen molar-refractivity contribution in [3.63, 3.8) is 0 Å². The van der Waals surface area contributed by atoms with Crippen molar-refractivity contribution in [1.29, 1.82) is 0 Å². The van der Waals surface area contributed by atoms with Crippen LogP contribution in [0.5, 0.6) is 0 Å². The summed E-state index contributed by atoms with van der Waals surface area (Å²) in [4.78, 5) is 3.54. The van der Waals surface area contributed by atoms with E-state index in [-0.39, 0.29) is 0 Å². The van der Waals surface area contributed by atoms with Gasteiger partial charge in [-0.1, -0.05) is 20.4 Å². The van der Waals surface area contributed by atoms with Gasteiger partial charge < -0.3 is 5.32 Å². The Morgan fingerprint density at radius 1 is 1.55 bits per heavy atom. The summed E-state index contributed by atoms with van der Waals surface area (Å²) < 4.78 is 0. The van der Waals surface area contributed by atoms with Gasteiger partial charge in [-0.2, -0.15) is 0 Å². The van der Waals surface area contributed by atoms with Gasteiger partial charge in [0.05, 0.1) is 0 Å². The highest BCUT2D eigenvalue weighted by molar-refractivity contribution is 5.27. The van der Waals surface area contributed by atoms with Crippen LogP contribution in [0.1, 0.15) is 13.8 Å². The van der Waals surface area contributed by atoms with Crippen molar-refractivity contribution in [2.24, 2.45) is 4.99 Å². The first kappa shape index (κ1) is 12.8. The minimum atomic E-state index is 0.798. The Morgan fingerprint density at radius 2 is 2.09 bits per heavy atom. The number of hydrogen-bond donors (Lipinski definition) is 1. The molecule has 0 radical (unpaired) electrons. The summed E-state index contributed by atoms with van der Waals surface area (Å²) in [6, 6.07) is 0. The van der Waals surface area contributed by atoms with Crippen molar-refractivity contribution in [3.8, 4) is 0 Å². The molecule has 0 aliphatic rings. The number of rotatable bonds is 4. The van der Waals surface area contributed by atoms with Crippen LogP contribution in [0.25, 0.3) is 0 Å². The first-order chi connectivity index (χ1) is 5.31. The molecule has 2 heteroatoms. The molecule has 1 N–H and O–H groups in total. The Kier molecular flexibility index (Phi) is 13.7. The minimum Gasteiger partial charge on any atom is -0.316 e. The zero-order valence-corrected chi connectivity index (χ0v) is 7.72. The van der Waals surface area contributed by atoms with E-state index in [0.717, 1.165) is 12.1 Å². The molecular formula is C9H18N2. The summed E-state index contributed by atoms with van der Waals surface area (Å²) in [7, 11) is 1.88. The van der Waals surface area contributed by atoms with E-state index in [1.807, 2.05) is 27.0 Å². The van der Waals surface area contributed by atoms with Gasteiger partial charge in [0, 0.05) is 12.7 Å². The quantitative estimate of drug-likeness (QED) is 0.486. The van der Waals surface area contributed by atoms with Crippen molar-refractivity contribution in [2.75, 3.05) is 13.6 Å². The molecular weight excluding hydrogens is 136 g/mol. The van der Waals surface area contributed by atoms with Crippen LogP contribution in [0, 0.1) is 0 Å². The fraction of sp³-hybridized carbons (Fsp3) is 0.444. The van der Waals surface area contributed by atoms with Crippen LogP contribution in [-0.2, 0) is 0 Å². The smallest absolute Gasteiger partial charge is 0.0263 e. The molecule has 0 atom stereocenters. The van der Waals surface area contributed by atoms with E-state index in [4.69, 9.17) is 0 Å². The lowest BCUT2D eigenvalue weighted by Gasteiger charge is -1.93. The maximum atomic E-state index is 3.74. The summed E-state index contributed by atoms with van der Waals surface area (Å²) in [6.45, 7) is 11.8. The average molecular weight is 154 g/mol. The summed E-state index contributed by atoms with van der Waals surface area (Å²) in [5.74, 6) is 0. The van der Waals surface area contributed by atoms with Crippen molar-refractivity contribution >= 4 is 6.72 Å². The van der Waals surface area contributed by atoms with Gasteiger partial charge in [-0.15, -0.1) is 0 Å². The maximum absolute atomic E-state index is 3.74. The lowest BCUT2D eigenvalue weighted by molar-refractivity contribution is 0.898. The van der Waals surface area contributed by atoms with Crippen LogP contribution in [0.15, 0.2) is 29.4 Å². The highest BCUT2D eigenvalue weighted by atomic mass is 14.8. The summed E-state index contributed by atoms with van der Waals surface area (Å²) in [5, 5.41) is 2.96. The Hall–Kier alpha value is -0.890. The van der Waals surface area contributed by atoms with Crippen LogP contribution in [0.3, 0.4) is 0 Å². The summed E-state index contributed by atoms with van der Waals surface area (Å²) in [5.41, 5.74) is 1.00. The van der Waals surface area contributed by atoms with Gasteiger partial charge in [-0.3, -0.25) is 4.99 Å². The van der Waals surface area contributed by atoms with Crippen LogP contribution in [0.2, 0.25) is 0 Å². The molecule has 0 aliphatic carbocycles. The third-order valence-electron chi connectivity index (χ3n) is 0.819. The Morgan fingerprint density at radius 3 is 2.45 bits per heavy atom. The number of nitrogens with one attached hydrogen (secondary N) is 1. The Labute approximate surface area is 69.7 Å². The minimum absolute atomic E-state index is 0.798. The third kappa shape index (κ3) is 12.3. The molecule has 11 heavy (non-hydrogen) atoms. The molecule has 0 unspecified atom stereocenters. The molecule has 2 nitrogen and oxygen atoms in total. The normalized spacial score (nSPS) is 8.64. The van der Waals surface area contributed by atoms with Crippen LogP contribution in [-0.4, -0.2) is 20.3 Å². The number of hydrogen-bond acceptors (Lipinski definition) is 2. The highest BCUT2D eigenvalue weighted by Crippen LogP contribution is 1.88. The Balaban J connectivity index is 0. The molecule has 0 aromatic rings. The molecule has 0 aliphatic heterocycles. The fourth-order valence-corrected chi connectivity index (χ4v) is 0.444. The maximum Gasteiger partial charge on any atom is 0.0263 e. The zero-order chi connectivity index (χ0) is 9.11. The van der Waals surface area contributed by atoms with Gasteiger partial charge in [0.25, 0.3) is 0 Å². The van der Waals surface area contributed by atoms with E-state index in [0.29, 0.717) is 0 Å². The molecule has 0 spiro atoms. The van der Waals surface area contributed by atoms with Crippen molar-refractivity contribution in [2.45, 2.75) is 13.8 Å². The molecule has 64 valence electrons. The average Bonchev–Trinajstić information content (AvgIpc) is 2.05. The number of nitrogens with zero attached hydrogens (tertiary/aromatic N) is 1. The molecule has 0 heterocycles. The van der Waals surface area contributed by atoms with E-state index in [2.05, 4.69) is 23.6 Å². The van der Waals surface area contributed by atoms with Crippen molar-refractivity contribution in [1.82, 2.24) is 5.32 Å². The van der Waals surface area contributed by atoms with Crippen LogP contribution < -0.4 is 5.32 Å². The first-order valence-electron chi connectivity index (χ1n) is 3.76. The van der Waals surface area contributed by atoms with E-state index >= 15 is 0 Å². The first-order valence-corrected chi connectivity index (χ1v) is 3.76. The SMILES string of the molecule is C=N/C=C\C(=C)CNC.CC. The standard InChI is InChI=1S/C7H12N2.C2H6/c1-7(6-9-3)4-5-8-2;1-2/h4-5,9H,1-2,6H2,3H3;1-2H3/b5-4-;. The van der Waals surface area contributed by atoms with Crippen LogP contribution in [0.4, 0.5) is 0 Å². The topological polar surface area (TPSA) is 24.4 Å². The second-order valence-electron chi connectivity index (χ2n) is 1.69. The third-order valence-corrected chi connectivity index (χ3v) is 0.819. The lowest BCUT2D eigenvalue weighted by Crippen LogP contribution is -2.07. The highest BCUT2D eigenvalue weighted by Gasteiger charge is 1.80. The largest absolute Gasteiger partial charge is 0.316 e. The molecule has 0 saturated heterocycles. The lowest BCUT2D eigenvalue weighted by atomic mass is 10.3. The van der Waals surface area contributed by atoms with E-state index in [1.54, 1.807) is 6.20 Å². The van der Waals surface area contributed by atoms with Crippen molar-refractivity contribution < 1.29 is 0 Å². The van der Waals surface area contributed by atoms with E-state index < -0.39 is 0 Å². The fourth-order valence-electron chi connectivity index (χ4n) is 0.444. The zero-order valence-electron chi connectivity index (χ0n) is 7.72. The molecule has 0 amide bonds. The number of likely N-dealkylation sites (N-methyl/N-ethyl adjacent to an activating group) is 1. The molecule has 0 bridgehead atoms. The molecule has 0 aromatic carbocycles. The van der Waals surface area contributed by atoms with Gasteiger partial charge in [0.2, 0.25) is 0 Å². The number of aliphatic imine (C=N–C) groups is 1. The summed E-state index contributed by atoms with van der Waals surface area (Å²) >= 11 is 0. The monoisotopic (exact) mass is 154 g/mol. The Bertz CT molecular complexity index is 126. The van der Waals surface area contributed by atoms with Crippen molar-refractivity contribution in [3.05, 3.63) is 24.4 Å². The van der Waals surface area contributed by atoms with Gasteiger partial charge >= 0.3 is 0 Å². The van der Waals surface area contributed by atoms with Crippen LogP contribution >= 0.6 is 0 Å². The van der Waals surface area contributed by atoms with Gasteiger partial charge in [-0.05, 0) is 25.4 Å². The predicted molar refractivity (Wildman–Crippen MR) is 53.1 cm³/mol. The van der Waals surface area contributed by atoms with E-state index in [1.165, 1.54) is 0 Å². The van der Waals surface area contributed by atoms with Gasteiger partial charge in [0.15, 0.2) is 0 Å². The van der Waals surface area contributed by atoms with Gasteiger partial charge in [-0.25, -0.2) is 0 Å². The summed E-state index contributed by atoms with van der Waals surface area (Å²) in [6.07, 6.45) is 3.45. The van der Waals surface area contributed by atoms with Gasteiger partial charge in [0.1, 0.15) is 0 Å². The second kappa shape index (κ2) is 11.9. The molecule has 0 fully saturated rings. The molecule has 0 rings (SSSR count). The second-order valence-corrected chi connectivity index (χ2v) is 1.69. The predicted octanol–water partition coefficient (Wildman–Crippen LogP) is 2.00.